The van der Waals surface area contributed by atoms with Gasteiger partial charge >= 0.3 is 6.03 Å². The molecule has 0 atom stereocenters. The summed E-state index contributed by atoms with van der Waals surface area (Å²) in [6.07, 6.45) is 3.63. The molecule has 2 N–H and O–H groups in total. The number of urea groups is 1. The highest BCUT2D eigenvalue weighted by molar-refractivity contribution is 6.21. The minimum Gasteiger partial charge on any atom is -0.467 e. The summed E-state index contributed by atoms with van der Waals surface area (Å²) < 4.78 is 17.0. The summed E-state index contributed by atoms with van der Waals surface area (Å²) in [6.45, 7) is 3.67. The molecule has 5 amide bonds. The topological polar surface area (TPSA) is 123 Å². The number of nitrogens with zero attached hydrogens (tertiary/aromatic N) is 1. The second-order valence-electron chi connectivity index (χ2n) is 8.96. The van der Waals surface area contributed by atoms with Crippen LogP contribution in [0.5, 0.6) is 17.2 Å². The maximum absolute atomic E-state index is 12.6. The van der Waals surface area contributed by atoms with E-state index in [2.05, 4.69) is 10.6 Å². The normalized spacial score (nSPS) is 17.6. The van der Waals surface area contributed by atoms with E-state index in [4.69, 9.17) is 14.2 Å². The first-order valence-electron chi connectivity index (χ1n) is 12.5. The highest BCUT2D eigenvalue weighted by atomic mass is 16.5. The maximum atomic E-state index is 12.6. The first kappa shape index (κ1) is 26.2. The summed E-state index contributed by atoms with van der Waals surface area (Å²) in [7, 11) is 0. The van der Waals surface area contributed by atoms with Crippen LogP contribution in [0, 0.1) is 0 Å². The van der Waals surface area contributed by atoms with Crippen molar-refractivity contribution < 1.29 is 33.4 Å². The van der Waals surface area contributed by atoms with Crippen molar-refractivity contribution in [2.24, 2.45) is 0 Å². The van der Waals surface area contributed by atoms with Crippen molar-refractivity contribution >= 4 is 23.8 Å². The smallest absolute Gasteiger partial charge is 0.328 e. The number of barbiturate groups is 1. The highest BCUT2D eigenvalue weighted by Crippen LogP contribution is 2.29. The Morgan fingerprint density at radius 2 is 1.46 bits per heavy atom. The molecule has 2 aromatic rings. The monoisotopic (exact) mass is 509 g/mol. The molecule has 0 aromatic heterocycles. The molecule has 2 aliphatic rings. The van der Waals surface area contributed by atoms with Crippen LogP contribution in [0.3, 0.4) is 0 Å². The largest absolute Gasteiger partial charge is 0.467 e. The Kier molecular flexibility index (Phi) is 8.39. The summed E-state index contributed by atoms with van der Waals surface area (Å²) in [5.74, 6) is -0.0849. The molecule has 2 aliphatic heterocycles. The predicted octanol–water partition coefficient (Wildman–Crippen LogP) is 3.29. The minimum absolute atomic E-state index is 0.0700. The number of imide groups is 2. The first-order valence-corrected chi connectivity index (χ1v) is 12.5. The van der Waals surface area contributed by atoms with Crippen LogP contribution < -0.4 is 20.1 Å². The van der Waals surface area contributed by atoms with E-state index >= 15 is 0 Å². The molecule has 2 aromatic carbocycles. The number of ether oxygens (including phenoxy) is 3. The zero-order valence-corrected chi connectivity index (χ0v) is 20.8. The van der Waals surface area contributed by atoms with Crippen LogP contribution in [-0.4, -0.2) is 54.0 Å². The number of nitrogens with one attached hydrogen (secondary N) is 2. The summed E-state index contributed by atoms with van der Waals surface area (Å²) >= 11 is 0. The van der Waals surface area contributed by atoms with Crippen LogP contribution in [-0.2, 0) is 25.7 Å². The fourth-order valence-corrected chi connectivity index (χ4v) is 4.28. The molecule has 0 radical (unpaired) electrons. The van der Waals surface area contributed by atoms with E-state index in [1.807, 2.05) is 29.2 Å². The van der Waals surface area contributed by atoms with Crippen LogP contribution in [0.1, 0.15) is 44.6 Å². The maximum Gasteiger partial charge on any atom is 0.328 e. The number of likely N-dealkylation sites (tertiary alicyclic amines) is 1. The lowest BCUT2D eigenvalue weighted by Crippen LogP contribution is -2.69. The summed E-state index contributed by atoms with van der Waals surface area (Å²) in [5, 5.41) is 4.18. The lowest BCUT2D eigenvalue weighted by molar-refractivity contribution is -0.153. The molecule has 2 heterocycles. The van der Waals surface area contributed by atoms with Gasteiger partial charge in [-0.3, -0.25) is 25.0 Å². The van der Waals surface area contributed by atoms with E-state index in [9.17, 15) is 19.2 Å². The zero-order valence-electron chi connectivity index (χ0n) is 20.8. The third-order valence-corrected chi connectivity index (χ3v) is 6.31. The van der Waals surface area contributed by atoms with Gasteiger partial charge in [0, 0.05) is 32.5 Å². The Hall–Kier alpha value is -3.92. The van der Waals surface area contributed by atoms with E-state index in [0.717, 1.165) is 31.4 Å². The minimum atomic E-state index is -1.93. The number of carbonyl (C=O) groups excluding carboxylic acids is 4. The molecule has 0 bridgehead atoms. The van der Waals surface area contributed by atoms with Gasteiger partial charge in [0.2, 0.25) is 5.91 Å². The lowest BCUT2D eigenvalue weighted by atomic mass is 9.95. The molecule has 0 spiro atoms. The number of rotatable bonds is 10. The standard InChI is InChI=1S/C27H31N3O7/c1-2-35-17-15-27(24(32)28-26(34)29-25(27)33)37-22-13-11-21(12-14-22)36-20-9-7-19(8-10-20)18-30-16-5-3-4-6-23(30)31/h7-14H,2-6,15-18H2,1H3,(H2,28,29,32,33,34). The molecule has 0 unspecified atom stereocenters. The van der Waals surface area contributed by atoms with E-state index in [0.29, 0.717) is 31.1 Å². The highest BCUT2D eigenvalue weighted by Gasteiger charge is 2.52. The summed E-state index contributed by atoms with van der Waals surface area (Å²) in [5.41, 5.74) is -0.901. The van der Waals surface area contributed by atoms with Gasteiger partial charge in [0.1, 0.15) is 17.2 Å². The van der Waals surface area contributed by atoms with Crippen LogP contribution in [0.4, 0.5) is 4.79 Å². The van der Waals surface area contributed by atoms with E-state index in [1.54, 1.807) is 31.2 Å². The molecule has 2 fully saturated rings. The van der Waals surface area contributed by atoms with Crippen molar-refractivity contribution in [3.63, 3.8) is 0 Å². The van der Waals surface area contributed by atoms with Crippen LogP contribution in [0.2, 0.25) is 0 Å². The molecular weight excluding hydrogens is 478 g/mol. The number of benzene rings is 2. The van der Waals surface area contributed by atoms with Crippen molar-refractivity contribution in [2.45, 2.75) is 51.2 Å². The third kappa shape index (κ3) is 6.45. The molecule has 2 saturated heterocycles. The Morgan fingerprint density at radius 3 is 2.11 bits per heavy atom. The Bertz CT molecular complexity index is 1110. The Balaban J connectivity index is 1.39. The molecule has 0 saturated carbocycles. The van der Waals surface area contributed by atoms with Gasteiger partial charge in [0.25, 0.3) is 17.4 Å². The summed E-state index contributed by atoms with van der Waals surface area (Å²) in [6, 6.07) is 13.1. The Morgan fingerprint density at radius 1 is 0.838 bits per heavy atom. The van der Waals surface area contributed by atoms with Gasteiger partial charge in [0.05, 0.1) is 6.61 Å². The van der Waals surface area contributed by atoms with Crippen molar-refractivity contribution in [2.75, 3.05) is 19.8 Å². The van der Waals surface area contributed by atoms with Crippen molar-refractivity contribution in [3.05, 3.63) is 54.1 Å². The van der Waals surface area contributed by atoms with Crippen molar-refractivity contribution in [1.29, 1.82) is 0 Å². The fraction of sp³-hybridized carbons (Fsp3) is 0.407. The van der Waals surface area contributed by atoms with Crippen LogP contribution in [0.15, 0.2) is 48.5 Å². The fourth-order valence-electron chi connectivity index (χ4n) is 4.28. The van der Waals surface area contributed by atoms with Gasteiger partial charge in [-0.05, 0) is 61.7 Å². The average Bonchev–Trinajstić information content (AvgIpc) is 3.08. The van der Waals surface area contributed by atoms with Gasteiger partial charge in [-0.2, -0.15) is 0 Å². The second-order valence-corrected chi connectivity index (χ2v) is 8.96. The zero-order chi connectivity index (χ0) is 26.3. The van der Waals surface area contributed by atoms with Gasteiger partial charge < -0.3 is 19.1 Å². The van der Waals surface area contributed by atoms with Gasteiger partial charge in [-0.25, -0.2) is 4.79 Å². The summed E-state index contributed by atoms with van der Waals surface area (Å²) in [4.78, 5) is 50.9. The average molecular weight is 510 g/mol. The molecule has 37 heavy (non-hydrogen) atoms. The number of amides is 5. The number of hydrogen-bond donors (Lipinski definition) is 2. The number of carbonyl (C=O) groups is 4. The van der Waals surface area contributed by atoms with E-state index in [1.165, 1.54) is 0 Å². The SMILES string of the molecule is CCOCCC1(Oc2ccc(Oc3ccc(CN4CCCCCC4=O)cc3)cc2)C(=O)NC(=O)NC1=O. The van der Waals surface area contributed by atoms with Gasteiger partial charge in [-0.15, -0.1) is 0 Å². The van der Waals surface area contributed by atoms with Crippen LogP contribution >= 0.6 is 0 Å². The van der Waals surface area contributed by atoms with E-state index in [-0.39, 0.29) is 24.7 Å². The molecule has 196 valence electrons. The molecular formula is C27H31N3O7. The third-order valence-electron chi connectivity index (χ3n) is 6.31. The van der Waals surface area contributed by atoms with Crippen LogP contribution in [0.25, 0.3) is 0 Å². The Labute approximate surface area is 215 Å². The van der Waals surface area contributed by atoms with Gasteiger partial charge in [-0.1, -0.05) is 18.6 Å². The molecule has 4 rings (SSSR count). The number of hydrogen-bond acceptors (Lipinski definition) is 7. The first-order chi connectivity index (χ1) is 17.9. The van der Waals surface area contributed by atoms with Gasteiger partial charge in [0.15, 0.2) is 0 Å². The quantitative estimate of drug-likeness (QED) is 0.372. The molecule has 10 nitrogen and oxygen atoms in total. The van der Waals surface area contributed by atoms with E-state index < -0.39 is 23.4 Å². The molecule has 10 heteroatoms. The molecule has 0 aliphatic carbocycles. The predicted molar refractivity (Wildman–Crippen MR) is 133 cm³/mol. The lowest BCUT2D eigenvalue weighted by Gasteiger charge is -2.34. The second kappa shape index (κ2) is 11.9. The van der Waals surface area contributed by atoms with Crippen molar-refractivity contribution in [1.82, 2.24) is 15.5 Å². The van der Waals surface area contributed by atoms with Crippen molar-refractivity contribution in [3.8, 4) is 17.2 Å².